The van der Waals surface area contributed by atoms with Gasteiger partial charge in [0.25, 0.3) is 0 Å². The summed E-state index contributed by atoms with van der Waals surface area (Å²) in [6, 6.07) is 7.04. The van der Waals surface area contributed by atoms with E-state index in [9.17, 15) is 0 Å². The van der Waals surface area contributed by atoms with E-state index >= 15 is 0 Å². The van der Waals surface area contributed by atoms with Crippen LogP contribution in [0, 0.1) is 16.7 Å². The predicted molar refractivity (Wildman–Crippen MR) is 79.8 cm³/mol. The summed E-state index contributed by atoms with van der Waals surface area (Å²) in [5.74, 6) is 0. The zero-order valence-electron chi connectivity index (χ0n) is 12.7. The van der Waals surface area contributed by atoms with Crippen LogP contribution in [0.4, 0.5) is 0 Å². The molecule has 0 saturated carbocycles. The normalized spacial score (nSPS) is 13.2. The van der Waals surface area contributed by atoms with Gasteiger partial charge in [-0.15, -0.1) is 0 Å². The molecule has 0 saturated heterocycles. The number of nitrogens with one attached hydrogen (secondary N) is 1. The Morgan fingerprint density at radius 1 is 1.47 bits per heavy atom. The van der Waals surface area contributed by atoms with E-state index in [1.807, 2.05) is 13.8 Å². The molecule has 1 N–H and O–H groups in total. The molecule has 0 amide bonds. The largest absolute Gasteiger partial charge is 0.350 e. The Bertz CT molecular complexity index is 412. The van der Waals surface area contributed by atoms with E-state index in [0.29, 0.717) is 6.04 Å². The maximum absolute atomic E-state index is 9.02. The second-order valence-electron chi connectivity index (χ2n) is 5.90. The molecule has 0 spiro atoms. The summed E-state index contributed by atoms with van der Waals surface area (Å²) in [5.41, 5.74) is 1.13. The van der Waals surface area contributed by atoms with Crippen LogP contribution in [-0.4, -0.2) is 11.1 Å². The molecule has 19 heavy (non-hydrogen) atoms. The summed E-state index contributed by atoms with van der Waals surface area (Å²) in [7, 11) is 0. The average molecular weight is 261 g/mol. The van der Waals surface area contributed by atoms with Gasteiger partial charge in [-0.3, -0.25) is 0 Å². The zero-order chi connectivity index (χ0) is 14.3. The fraction of sp³-hybridized carbons (Fsp3) is 0.688. The first-order valence-electron chi connectivity index (χ1n) is 7.30. The van der Waals surface area contributed by atoms with Crippen molar-refractivity contribution in [1.82, 2.24) is 9.88 Å². The van der Waals surface area contributed by atoms with Crippen molar-refractivity contribution in [2.45, 2.75) is 59.5 Å². The summed E-state index contributed by atoms with van der Waals surface area (Å²) in [6.07, 6.45) is 5.28. The van der Waals surface area contributed by atoms with Crippen molar-refractivity contribution in [3.63, 3.8) is 0 Å². The fourth-order valence-electron chi connectivity index (χ4n) is 2.24. The lowest BCUT2D eigenvalue weighted by Gasteiger charge is -2.19. The lowest BCUT2D eigenvalue weighted by atomic mass is 9.90. The van der Waals surface area contributed by atoms with Crippen LogP contribution in [0.3, 0.4) is 0 Å². The Balaban J connectivity index is 2.51. The zero-order valence-corrected chi connectivity index (χ0v) is 12.7. The molecule has 106 valence electrons. The number of nitrogens with zero attached hydrogens (tertiary/aromatic N) is 2. The van der Waals surface area contributed by atoms with Crippen LogP contribution in [0.15, 0.2) is 18.3 Å². The van der Waals surface area contributed by atoms with Gasteiger partial charge in [-0.1, -0.05) is 6.92 Å². The minimum absolute atomic E-state index is 0.209. The molecule has 1 aromatic heterocycles. The molecule has 3 nitrogen and oxygen atoms in total. The van der Waals surface area contributed by atoms with Gasteiger partial charge in [0.2, 0.25) is 0 Å². The van der Waals surface area contributed by atoms with E-state index in [0.717, 1.165) is 32.4 Å². The number of hydrogen-bond donors (Lipinski definition) is 1. The highest BCUT2D eigenvalue weighted by molar-refractivity contribution is 5.11. The first-order chi connectivity index (χ1) is 9.00. The van der Waals surface area contributed by atoms with E-state index in [4.69, 9.17) is 5.26 Å². The van der Waals surface area contributed by atoms with Crippen molar-refractivity contribution in [2.75, 3.05) is 6.54 Å². The standard InChI is InChI=1S/C16H27N3/c1-5-10-18-14(2)15-8-6-11-19(15)12-7-9-16(3,4)13-17/h6,8,11,14,18H,5,7,9-10,12H2,1-4H3. The van der Waals surface area contributed by atoms with Gasteiger partial charge in [0.15, 0.2) is 0 Å². The number of hydrogen-bond acceptors (Lipinski definition) is 2. The molecule has 0 bridgehead atoms. The Hall–Kier alpha value is -1.27. The molecule has 1 heterocycles. The van der Waals surface area contributed by atoms with Crippen molar-refractivity contribution in [3.05, 3.63) is 24.0 Å². The molecule has 0 aliphatic heterocycles. The van der Waals surface area contributed by atoms with E-state index < -0.39 is 0 Å². The van der Waals surface area contributed by atoms with Crippen LogP contribution in [0.25, 0.3) is 0 Å². The van der Waals surface area contributed by atoms with Crippen molar-refractivity contribution in [2.24, 2.45) is 5.41 Å². The average Bonchev–Trinajstić information content (AvgIpc) is 2.84. The van der Waals surface area contributed by atoms with Gasteiger partial charge >= 0.3 is 0 Å². The Kier molecular flexibility index (Phi) is 6.11. The Labute approximate surface area is 117 Å². The SMILES string of the molecule is CCCNC(C)c1cccn1CCCC(C)(C)C#N. The number of rotatable bonds is 8. The van der Waals surface area contributed by atoms with Crippen molar-refractivity contribution in [1.29, 1.82) is 5.26 Å². The third kappa shape index (κ3) is 5.08. The molecule has 1 atom stereocenters. The monoisotopic (exact) mass is 261 g/mol. The maximum atomic E-state index is 9.02. The van der Waals surface area contributed by atoms with Gasteiger partial charge < -0.3 is 9.88 Å². The van der Waals surface area contributed by atoms with Gasteiger partial charge in [0, 0.05) is 24.5 Å². The molecular formula is C16H27N3. The summed E-state index contributed by atoms with van der Waals surface area (Å²) in [5, 5.41) is 12.5. The van der Waals surface area contributed by atoms with E-state index in [-0.39, 0.29) is 5.41 Å². The Morgan fingerprint density at radius 2 is 2.21 bits per heavy atom. The number of aromatic nitrogens is 1. The van der Waals surface area contributed by atoms with Gasteiger partial charge in [-0.25, -0.2) is 0 Å². The van der Waals surface area contributed by atoms with Gasteiger partial charge in [-0.05, 0) is 58.7 Å². The maximum Gasteiger partial charge on any atom is 0.0683 e. The second-order valence-corrected chi connectivity index (χ2v) is 5.90. The molecule has 0 aliphatic carbocycles. The van der Waals surface area contributed by atoms with Crippen LogP contribution in [0.2, 0.25) is 0 Å². The number of aryl methyl sites for hydroxylation is 1. The second kappa shape index (κ2) is 7.35. The highest BCUT2D eigenvalue weighted by atomic mass is 15.0. The smallest absolute Gasteiger partial charge is 0.0683 e. The van der Waals surface area contributed by atoms with E-state index in [1.54, 1.807) is 0 Å². The molecule has 0 fully saturated rings. The first kappa shape index (κ1) is 15.8. The lowest BCUT2D eigenvalue weighted by molar-refractivity contribution is 0.409. The Morgan fingerprint density at radius 3 is 2.84 bits per heavy atom. The summed E-state index contributed by atoms with van der Waals surface area (Å²) in [6.45, 7) is 10.5. The molecule has 3 heteroatoms. The quantitative estimate of drug-likeness (QED) is 0.771. The lowest BCUT2D eigenvalue weighted by Crippen LogP contribution is -2.22. The van der Waals surface area contributed by atoms with Crippen molar-refractivity contribution >= 4 is 0 Å². The van der Waals surface area contributed by atoms with Crippen LogP contribution < -0.4 is 5.32 Å². The highest BCUT2D eigenvalue weighted by Crippen LogP contribution is 2.22. The summed E-state index contributed by atoms with van der Waals surface area (Å²) >= 11 is 0. The third-order valence-electron chi connectivity index (χ3n) is 3.51. The highest BCUT2D eigenvalue weighted by Gasteiger charge is 2.16. The van der Waals surface area contributed by atoms with Gasteiger partial charge in [0.05, 0.1) is 11.5 Å². The minimum atomic E-state index is -0.209. The topological polar surface area (TPSA) is 40.8 Å². The third-order valence-corrected chi connectivity index (χ3v) is 3.51. The van der Waals surface area contributed by atoms with Crippen molar-refractivity contribution < 1.29 is 0 Å². The van der Waals surface area contributed by atoms with Crippen LogP contribution in [0.1, 0.15) is 58.7 Å². The molecule has 1 rings (SSSR count). The van der Waals surface area contributed by atoms with E-state index in [1.165, 1.54) is 5.69 Å². The first-order valence-corrected chi connectivity index (χ1v) is 7.30. The molecule has 0 aliphatic rings. The number of nitriles is 1. The molecular weight excluding hydrogens is 234 g/mol. The van der Waals surface area contributed by atoms with E-state index in [2.05, 4.69) is 48.1 Å². The molecule has 0 aromatic carbocycles. The molecule has 1 unspecified atom stereocenters. The van der Waals surface area contributed by atoms with Crippen LogP contribution in [0.5, 0.6) is 0 Å². The predicted octanol–water partition coefficient (Wildman–Crippen LogP) is 3.88. The van der Waals surface area contributed by atoms with Crippen LogP contribution >= 0.6 is 0 Å². The van der Waals surface area contributed by atoms with Crippen LogP contribution in [-0.2, 0) is 6.54 Å². The summed E-state index contributed by atoms with van der Waals surface area (Å²) < 4.78 is 2.31. The molecule has 0 radical (unpaired) electrons. The van der Waals surface area contributed by atoms with Gasteiger partial charge in [-0.2, -0.15) is 5.26 Å². The molecule has 1 aromatic rings. The minimum Gasteiger partial charge on any atom is -0.350 e. The van der Waals surface area contributed by atoms with Crippen molar-refractivity contribution in [3.8, 4) is 6.07 Å². The summed E-state index contributed by atoms with van der Waals surface area (Å²) in [4.78, 5) is 0. The van der Waals surface area contributed by atoms with Gasteiger partial charge in [0.1, 0.15) is 0 Å². The fourth-order valence-corrected chi connectivity index (χ4v) is 2.24.